The van der Waals surface area contributed by atoms with Crippen LogP contribution in [0.2, 0.25) is 0 Å². The van der Waals surface area contributed by atoms with Crippen molar-refractivity contribution in [2.24, 2.45) is 4.99 Å². The normalized spacial score (nSPS) is 10.6. The first-order valence-electron chi connectivity index (χ1n) is 6.27. The van der Waals surface area contributed by atoms with Crippen LogP contribution in [0, 0.1) is 0 Å². The second kappa shape index (κ2) is 7.59. The number of halogens is 1. The topological polar surface area (TPSA) is 47.9 Å². The fourth-order valence-electron chi connectivity index (χ4n) is 1.53. The molecule has 2 rings (SSSR count). The third-order valence-corrected chi connectivity index (χ3v) is 3.18. The molecule has 0 amide bonds. The second-order valence-electron chi connectivity index (χ2n) is 4.17. The quantitative estimate of drug-likeness (QED) is 0.611. The molecule has 0 saturated carbocycles. The highest BCUT2D eigenvalue weighted by Gasteiger charge is 2.01. The molecule has 108 valence electrons. The lowest BCUT2D eigenvalue weighted by atomic mass is 10.2. The molecule has 2 aromatic carbocycles. The lowest BCUT2D eigenvalue weighted by Gasteiger charge is -2.04. The summed E-state index contributed by atoms with van der Waals surface area (Å²) in [7, 11) is 1.33. The number of aliphatic imine (C=N–C) groups is 1. The molecule has 4 nitrogen and oxygen atoms in total. The number of ether oxygens (including phenoxy) is 2. The van der Waals surface area contributed by atoms with Crippen LogP contribution in [-0.2, 0) is 9.53 Å². The van der Waals surface area contributed by atoms with E-state index in [1.54, 1.807) is 18.3 Å². The van der Waals surface area contributed by atoms with Crippen LogP contribution in [0.5, 0.6) is 5.75 Å². The molecule has 0 radical (unpaired) electrons. The number of rotatable bonds is 5. The van der Waals surface area contributed by atoms with Crippen LogP contribution in [0.4, 0.5) is 5.69 Å². The van der Waals surface area contributed by atoms with Gasteiger partial charge in [-0.25, -0.2) is 4.79 Å². The van der Waals surface area contributed by atoms with Gasteiger partial charge in [-0.1, -0.05) is 15.9 Å². The SMILES string of the molecule is COC(=O)COc1ccc(C=Nc2ccc(Br)cc2)cc1. The van der Waals surface area contributed by atoms with Gasteiger partial charge in [0, 0.05) is 10.7 Å². The van der Waals surface area contributed by atoms with Crippen LogP contribution in [-0.4, -0.2) is 25.9 Å². The fraction of sp³-hybridized carbons (Fsp3) is 0.125. The number of esters is 1. The molecule has 0 atom stereocenters. The first kappa shape index (κ1) is 15.3. The van der Waals surface area contributed by atoms with Crippen LogP contribution in [0.3, 0.4) is 0 Å². The number of methoxy groups -OCH3 is 1. The van der Waals surface area contributed by atoms with Gasteiger partial charge >= 0.3 is 5.97 Å². The molecule has 0 unspecified atom stereocenters. The number of hydrogen-bond donors (Lipinski definition) is 0. The van der Waals surface area contributed by atoms with E-state index in [0.717, 1.165) is 15.7 Å². The molecule has 0 heterocycles. The van der Waals surface area contributed by atoms with Crippen molar-refractivity contribution in [3.63, 3.8) is 0 Å². The monoisotopic (exact) mass is 347 g/mol. The van der Waals surface area contributed by atoms with E-state index in [2.05, 4.69) is 25.7 Å². The number of benzene rings is 2. The van der Waals surface area contributed by atoms with Gasteiger partial charge in [-0.15, -0.1) is 0 Å². The van der Waals surface area contributed by atoms with Gasteiger partial charge in [0.15, 0.2) is 6.61 Å². The molecule has 0 fully saturated rings. The Labute approximate surface area is 131 Å². The second-order valence-corrected chi connectivity index (χ2v) is 5.08. The molecule has 21 heavy (non-hydrogen) atoms. The maximum absolute atomic E-state index is 11.0. The van der Waals surface area contributed by atoms with Crippen LogP contribution < -0.4 is 4.74 Å². The Morgan fingerprint density at radius 3 is 2.43 bits per heavy atom. The Morgan fingerprint density at radius 1 is 1.14 bits per heavy atom. The minimum Gasteiger partial charge on any atom is -0.482 e. The molecule has 0 bridgehead atoms. The highest BCUT2D eigenvalue weighted by atomic mass is 79.9. The molecule has 5 heteroatoms. The standard InChI is InChI=1S/C16H14BrNO3/c1-20-16(19)11-21-15-8-2-12(3-9-15)10-18-14-6-4-13(17)5-7-14/h2-10H,11H2,1H3. The van der Waals surface area contributed by atoms with Gasteiger partial charge in [-0.2, -0.15) is 0 Å². The Kier molecular flexibility index (Phi) is 5.51. The summed E-state index contributed by atoms with van der Waals surface area (Å²) in [5.74, 6) is 0.206. The number of nitrogens with zero attached hydrogens (tertiary/aromatic N) is 1. The van der Waals surface area contributed by atoms with Gasteiger partial charge in [-0.3, -0.25) is 4.99 Å². The summed E-state index contributed by atoms with van der Waals surface area (Å²) in [5.41, 5.74) is 1.83. The van der Waals surface area contributed by atoms with Crippen LogP contribution in [0.25, 0.3) is 0 Å². The molecule has 0 aliphatic heterocycles. The Bertz CT molecular complexity index is 621. The Balaban J connectivity index is 1.95. The van der Waals surface area contributed by atoms with Crippen molar-refractivity contribution in [3.8, 4) is 5.75 Å². The largest absolute Gasteiger partial charge is 0.482 e. The molecular formula is C16H14BrNO3. The lowest BCUT2D eigenvalue weighted by molar-refractivity contribution is -0.142. The van der Waals surface area contributed by atoms with E-state index in [-0.39, 0.29) is 6.61 Å². The molecule has 2 aromatic rings. The van der Waals surface area contributed by atoms with E-state index in [9.17, 15) is 4.79 Å². The van der Waals surface area contributed by atoms with Crippen molar-refractivity contribution in [2.45, 2.75) is 0 Å². The molecule has 0 aliphatic rings. The third kappa shape index (κ3) is 5.04. The Hall–Kier alpha value is -2.14. The predicted octanol–water partition coefficient (Wildman–Crippen LogP) is 3.75. The fourth-order valence-corrected chi connectivity index (χ4v) is 1.79. The number of carbonyl (C=O) groups is 1. The summed E-state index contributed by atoms with van der Waals surface area (Å²) in [4.78, 5) is 15.3. The highest BCUT2D eigenvalue weighted by Crippen LogP contribution is 2.17. The molecule has 0 aliphatic carbocycles. The highest BCUT2D eigenvalue weighted by molar-refractivity contribution is 9.10. The predicted molar refractivity (Wildman–Crippen MR) is 85.3 cm³/mol. The number of carbonyl (C=O) groups excluding carboxylic acids is 1. The summed E-state index contributed by atoms with van der Waals surface area (Å²) in [6, 6.07) is 15.0. The van der Waals surface area contributed by atoms with Crippen molar-refractivity contribution in [3.05, 3.63) is 58.6 Å². The van der Waals surface area contributed by atoms with Crippen LogP contribution in [0.15, 0.2) is 58.0 Å². The van der Waals surface area contributed by atoms with E-state index >= 15 is 0 Å². The van der Waals surface area contributed by atoms with Crippen molar-refractivity contribution in [2.75, 3.05) is 13.7 Å². The smallest absolute Gasteiger partial charge is 0.343 e. The summed E-state index contributed by atoms with van der Waals surface area (Å²) in [6.45, 7) is -0.0944. The molecule has 0 aromatic heterocycles. The van der Waals surface area contributed by atoms with Gasteiger partial charge in [0.1, 0.15) is 5.75 Å². The molecule has 0 saturated heterocycles. The average Bonchev–Trinajstić information content (AvgIpc) is 2.53. The van der Waals surface area contributed by atoms with Crippen molar-refractivity contribution >= 4 is 33.8 Å². The van der Waals surface area contributed by atoms with Gasteiger partial charge < -0.3 is 9.47 Å². The summed E-state index contributed by atoms with van der Waals surface area (Å²) in [6.07, 6.45) is 1.77. The maximum Gasteiger partial charge on any atom is 0.343 e. The van der Waals surface area contributed by atoms with Crippen LogP contribution in [0.1, 0.15) is 5.56 Å². The van der Waals surface area contributed by atoms with Crippen molar-refractivity contribution in [1.82, 2.24) is 0 Å². The molecular weight excluding hydrogens is 334 g/mol. The summed E-state index contributed by atoms with van der Waals surface area (Å²) in [5, 5.41) is 0. The lowest BCUT2D eigenvalue weighted by Crippen LogP contribution is -2.12. The molecule has 0 N–H and O–H groups in total. The zero-order chi connectivity index (χ0) is 15.1. The number of hydrogen-bond acceptors (Lipinski definition) is 4. The van der Waals surface area contributed by atoms with E-state index in [4.69, 9.17) is 4.74 Å². The minimum atomic E-state index is -0.407. The van der Waals surface area contributed by atoms with E-state index < -0.39 is 5.97 Å². The van der Waals surface area contributed by atoms with E-state index in [1.165, 1.54) is 7.11 Å². The summed E-state index contributed by atoms with van der Waals surface area (Å²) >= 11 is 3.38. The van der Waals surface area contributed by atoms with Crippen molar-refractivity contribution in [1.29, 1.82) is 0 Å². The zero-order valence-corrected chi connectivity index (χ0v) is 13.0. The maximum atomic E-state index is 11.0. The molecule has 0 spiro atoms. The van der Waals surface area contributed by atoms with Crippen LogP contribution >= 0.6 is 15.9 Å². The van der Waals surface area contributed by atoms with E-state index in [0.29, 0.717) is 5.75 Å². The first-order chi connectivity index (χ1) is 10.2. The third-order valence-electron chi connectivity index (χ3n) is 2.65. The zero-order valence-electron chi connectivity index (χ0n) is 11.5. The first-order valence-corrected chi connectivity index (χ1v) is 7.06. The minimum absolute atomic E-state index is 0.0944. The summed E-state index contributed by atoms with van der Waals surface area (Å²) < 4.78 is 10.8. The van der Waals surface area contributed by atoms with Gasteiger partial charge in [0.2, 0.25) is 0 Å². The van der Waals surface area contributed by atoms with Crippen molar-refractivity contribution < 1.29 is 14.3 Å². The van der Waals surface area contributed by atoms with Gasteiger partial charge in [0.05, 0.1) is 12.8 Å². The van der Waals surface area contributed by atoms with Gasteiger partial charge in [-0.05, 0) is 54.1 Å². The average molecular weight is 348 g/mol. The van der Waals surface area contributed by atoms with Gasteiger partial charge in [0.25, 0.3) is 0 Å². The van der Waals surface area contributed by atoms with E-state index in [1.807, 2.05) is 36.4 Å². The Morgan fingerprint density at radius 2 is 1.81 bits per heavy atom.